The SMILES string of the molecule is NC(CCC(=O)O)C(=O)NC(CS)C(=O)NC(CO)C(=O)NC(Cc1ccccc1)C(=O)O. The summed E-state index contributed by atoms with van der Waals surface area (Å²) in [6.45, 7) is -0.833. The van der Waals surface area contributed by atoms with Crippen LogP contribution >= 0.6 is 12.6 Å². The van der Waals surface area contributed by atoms with Gasteiger partial charge in [0, 0.05) is 18.6 Å². The third-order valence-corrected chi connectivity index (χ3v) is 4.90. The van der Waals surface area contributed by atoms with E-state index >= 15 is 0 Å². The first kappa shape index (κ1) is 27.9. The summed E-state index contributed by atoms with van der Waals surface area (Å²) in [5, 5.41) is 34.4. The number of nitrogens with two attached hydrogens (primary N) is 1. The molecule has 3 amide bonds. The molecule has 13 heteroatoms. The number of rotatable bonds is 14. The predicted molar refractivity (Wildman–Crippen MR) is 119 cm³/mol. The third-order valence-electron chi connectivity index (χ3n) is 4.53. The Morgan fingerprint density at radius 1 is 0.879 bits per heavy atom. The first-order chi connectivity index (χ1) is 15.6. The van der Waals surface area contributed by atoms with E-state index in [1.165, 1.54) is 0 Å². The molecule has 0 spiro atoms. The molecule has 182 valence electrons. The van der Waals surface area contributed by atoms with Crippen LogP contribution in [0.4, 0.5) is 0 Å². The Morgan fingerprint density at radius 3 is 1.94 bits per heavy atom. The number of hydrogen-bond donors (Lipinski definition) is 8. The summed E-state index contributed by atoms with van der Waals surface area (Å²) in [5.74, 6) is -5.21. The molecule has 0 bridgehead atoms. The number of carboxylic acids is 2. The van der Waals surface area contributed by atoms with Gasteiger partial charge in [-0.1, -0.05) is 30.3 Å². The van der Waals surface area contributed by atoms with Crippen molar-refractivity contribution in [3.05, 3.63) is 35.9 Å². The average Bonchev–Trinajstić information content (AvgIpc) is 2.78. The minimum Gasteiger partial charge on any atom is -0.481 e. The number of carbonyl (C=O) groups is 5. The van der Waals surface area contributed by atoms with Gasteiger partial charge in [0.2, 0.25) is 17.7 Å². The van der Waals surface area contributed by atoms with Crippen molar-refractivity contribution in [3.63, 3.8) is 0 Å². The molecule has 0 radical (unpaired) electrons. The van der Waals surface area contributed by atoms with E-state index < -0.39 is 60.4 Å². The summed E-state index contributed by atoms with van der Waals surface area (Å²) in [6, 6.07) is 3.35. The van der Waals surface area contributed by atoms with Crippen LogP contribution in [0, 0.1) is 0 Å². The lowest BCUT2D eigenvalue weighted by Crippen LogP contribution is -2.58. The van der Waals surface area contributed by atoms with Crippen LogP contribution in [0.3, 0.4) is 0 Å². The molecule has 0 heterocycles. The Bertz CT molecular complexity index is 839. The van der Waals surface area contributed by atoms with Gasteiger partial charge in [-0.2, -0.15) is 12.6 Å². The monoisotopic (exact) mass is 484 g/mol. The maximum absolute atomic E-state index is 12.5. The van der Waals surface area contributed by atoms with Crippen molar-refractivity contribution in [2.75, 3.05) is 12.4 Å². The molecule has 0 aliphatic carbocycles. The van der Waals surface area contributed by atoms with E-state index in [-0.39, 0.29) is 25.0 Å². The largest absolute Gasteiger partial charge is 0.481 e. The van der Waals surface area contributed by atoms with Gasteiger partial charge < -0.3 is 37.0 Å². The fourth-order valence-electron chi connectivity index (χ4n) is 2.67. The molecular formula is C20H28N4O8S. The van der Waals surface area contributed by atoms with Crippen molar-refractivity contribution >= 4 is 42.3 Å². The number of carboxylic acid groups (broad SMARTS) is 2. The Kier molecular flexibility index (Phi) is 11.9. The average molecular weight is 485 g/mol. The maximum Gasteiger partial charge on any atom is 0.326 e. The van der Waals surface area contributed by atoms with Gasteiger partial charge in [-0.25, -0.2) is 4.79 Å². The number of hydrogen-bond acceptors (Lipinski definition) is 8. The van der Waals surface area contributed by atoms with E-state index in [2.05, 4.69) is 28.6 Å². The van der Waals surface area contributed by atoms with Crippen LogP contribution in [0.15, 0.2) is 30.3 Å². The summed E-state index contributed by atoms with van der Waals surface area (Å²) in [7, 11) is 0. The van der Waals surface area contributed by atoms with Gasteiger partial charge >= 0.3 is 11.9 Å². The number of nitrogens with one attached hydrogen (secondary N) is 3. The van der Waals surface area contributed by atoms with Gasteiger partial charge in [0.1, 0.15) is 18.1 Å². The standard InChI is InChI=1S/C20H28N4O8S/c21-12(6-7-16(26)27)17(28)24-15(10-33)19(30)23-14(9-25)18(29)22-13(20(31)32)8-11-4-2-1-3-5-11/h1-5,12-15,25,33H,6-10,21H2,(H,22,29)(H,23,30)(H,24,28)(H,26,27)(H,31,32). The van der Waals surface area contributed by atoms with Crippen molar-refractivity contribution in [2.45, 2.75) is 43.4 Å². The van der Waals surface area contributed by atoms with Crippen molar-refractivity contribution in [2.24, 2.45) is 5.73 Å². The lowest BCUT2D eigenvalue weighted by molar-refractivity contribution is -0.142. The topological polar surface area (TPSA) is 208 Å². The molecule has 4 atom stereocenters. The summed E-state index contributed by atoms with van der Waals surface area (Å²) in [6.07, 6.45) is -0.508. The smallest absolute Gasteiger partial charge is 0.326 e. The van der Waals surface area contributed by atoms with Crippen LogP contribution in [0.25, 0.3) is 0 Å². The van der Waals surface area contributed by atoms with E-state index in [1.807, 2.05) is 0 Å². The fraction of sp³-hybridized carbons (Fsp3) is 0.450. The number of benzene rings is 1. The maximum atomic E-state index is 12.5. The molecule has 0 aromatic heterocycles. The minimum absolute atomic E-state index is 0.0163. The number of thiol groups is 1. The van der Waals surface area contributed by atoms with Gasteiger partial charge in [-0.05, 0) is 12.0 Å². The highest BCUT2D eigenvalue weighted by Crippen LogP contribution is 2.04. The van der Waals surface area contributed by atoms with Crippen LogP contribution in [0.1, 0.15) is 18.4 Å². The molecule has 1 aromatic rings. The highest BCUT2D eigenvalue weighted by molar-refractivity contribution is 7.80. The zero-order valence-corrected chi connectivity index (χ0v) is 18.5. The summed E-state index contributed by atoms with van der Waals surface area (Å²) in [5.41, 5.74) is 6.26. The molecule has 8 N–H and O–H groups in total. The van der Waals surface area contributed by atoms with Crippen LogP contribution in [0.2, 0.25) is 0 Å². The second-order valence-electron chi connectivity index (χ2n) is 7.12. The molecule has 1 rings (SSSR count). The molecule has 12 nitrogen and oxygen atoms in total. The summed E-state index contributed by atoms with van der Waals surface area (Å²) in [4.78, 5) is 59.1. The minimum atomic E-state index is -1.49. The third kappa shape index (κ3) is 9.89. The highest BCUT2D eigenvalue weighted by atomic mass is 32.1. The van der Waals surface area contributed by atoms with E-state index in [0.29, 0.717) is 5.56 Å². The highest BCUT2D eigenvalue weighted by Gasteiger charge is 2.29. The predicted octanol–water partition coefficient (Wildman–Crippen LogP) is -2.12. The second-order valence-corrected chi connectivity index (χ2v) is 7.48. The van der Waals surface area contributed by atoms with Crippen molar-refractivity contribution in [3.8, 4) is 0 Å². The second kappa shape index (κ2) is 14.1. The lowest BCUT2D eigenvalue weighted by Gasteiger charge is -2.23. The van der Waals surface area contributed by atoms with Gasteiger partial charge in [0.05, 0.1) is 12.6 Å². The quantitative estimate of drug-likeness (QED) is 0.136. The van der Waals surface area contributed by atoms with Crippen LogP contribution in [-0.4, -0.2) is 81.5 Å². The molecule has 0 saturated heterocycles. The fourth-order valence-corrected chi connectivity index (χ4v) is 2.93. The zero-order chi connectivity index (χ0) is 25.0. The van der Waals surface area contributed by atoms with E-state index in [1.54, 1.807) is 30.3 Å². The first-order valence-corrected chi connectivity index (χ1v) is 10.6. The van der Waals surface area contributed by atoms with Crippen molar-refractivity contribution < 1.29 is 39.3 Å². The number of aliphatic hydroxyl groups is 1. The molecule has 0 fully saturated rings. The number of carbonyl (C=O) groups excluding carboxylic acids is 3. The zero-order valence-electron chi connectivity index (χ0n) is 17.6. The summed E-state index contributed by atoms with van der Waals surface area (Å²) < 4.78 is 0. The van der Waals surface area contributed by atoms with Gasteiger partial charge in [0.15, 0.2) is 0 Å². The van der Waals surface area contributed by atoms with Crippen molar-refractivity contribution in [1.82, 2.24) is 16.0 Å². The van der Waals surface area contributed by atoms with Crippen LogP contribution < -0.4 is 21.7 Å². The molecule has 0 aliphatic rings. The molecular weight excluding hydrogens is 456 g/mol. The Hall–Kier alpha value is -3.16. The lowest BCUT2D eigenvalue weighted by atomic mass is 10.1. The molecule has 4 unspecified atom stereocenters. The number of aliphatic hydroxyl groups excluding tert-OH is 1. The Morgan fingerprint density at radius 2 is 1.42 bits per heavy atom. The van der Waals surface area contributed by atoms with Crippen molar-refractivity contribution in [1.29, 1.82) is 0 Å². The van der Waals surface area contributed by atoms with Crippen LogP contribution in [-0.2, 0) is 30.4 Å². The van der Waals surface area contributed by atoms with Gasteiger partial charge in [-0.3, -0.25) is 19.2 Å². The van der Waals surface area contributed by atoms with E-state index in [9.17, 15) is 34.2 Å². The molecule has 33 heavy (non-hydrogen) atoms. The summed E-state index contributed by atoms with van der Waals surface area (Å²) >= 11 is 3.97. The number of aliphatic carboxylic acids is 2. The molecule has 0 aliphatic heterocycles. The normalized spacial score (nSPS) is 14.3. The van der Waals surface area contributed by atoms with Gasteiger partial charge in [0.25, 0.3) is 0 Å². The number of amides is 3. The molecule has 1 aromatic carbocycles. The Balaban J connectivity index is 2.73. The van der Waals surface area contributed by atoms with Gasteiger partial charge in [-0.15, -0.1) is 0 Å². The van der Waals surface area contributed by atoms with E-state index in [0.717, 1.165) is 0 Å². The molecule has 0 saturated carbocycles. The van der Waals surface area contributed by atoms with E-state index in [4.69, 9.17) is 10.8 Å². The Labute approximate surface area is 195 Å². The van der Waals surface area contributed by atoms with Crippen LogP contribution in [0.5, 0.6) is 0 Å². The first-order valence-electron chi connectivity index (χ1n) is 9.96.